The minimum atomic E-state index is -4.10. The third-order valence-corrected chi connectivity index (χ3v) is 7.32. The summed E-state index contributed by atoms with van der Waals surface area (Å²) < 4.78 is 55.5. The maximum atomic E-state index is 12.8. The highest BCUT2D eigenvalue weighted by molar-refractivity contribution is 7.93. The molecule has 0 amide bonds. The van der Waals surface area contributed by atoms with Crippen LogP contribution in [0.1, 0.15) is 5.56 Å². The number of anilines is 2. The summed E-state index contributed by atoms with van der Waals surface area (Å²) in [6.07, 6.45) is 0. The number of halogens is 1. The summed E-state index contributed by atoms with van der Waals surface area (Å²) in [4.78, 5) is 9.75. The number of nitrogens with one attached hydrogen (secondary N) is 2. The van der Waals surface area contributed by atoms with E-state index in [0.717, 1.165) is 24.3 Å². The summed E-state index contributed by atoms with van der Waals surface area (Å²) in [5.41, 5.74) is 0.404. The predicted molar refractivity (Wildman–Crippen MR) is 117 cm³/mol. The van der Waals surface area contributed by atoms with Gasteiger partial charge in [0.05, 0.1) is 26.1 Å². The number of benzene rings is 3. The van der Waals surface area contributed by atoms with Crippen molar-refractivity contribution in [3.63, 3.8) is 0 Å². The van der Waals surface area contributed by atoms with Crippen LogP contribution in [0.3, 0.4) is 0 Å². The lowest BCUT2D eigenvalue weighted by molar-refractivity contribution is -0.384. The van der Waals surface area contributed by atoms with Gasteiger partial charge < -0.3 is 0 Å². The van der Waals surface area contributed by atoms with Crippen LogP contribution in [-0.2, 0) is 20.0 Å². The average molecular weight is 482 g/mol. The third kappa shape index (κ3) is 5.32. The van der Waals surface area contributed by atoms with E-state index in [2.05, 4.69) is 9.44 Å². The molecule has 0 saturated heterocycles. The van der Waals surface area contributed by atoms with Gasteiger partial charge in [0.25, 0.3) is 25.7 Å². The van der Waals surface area contributed by atoms with Crippen LogP contribution in [0.15, 0.2) is 76.5 Å². The van der Waals surface area contributed by atoms with Gasteiger partial charge in [-0.05, 0) is 55.0 Å². The zero-order chi connectivity index (χ0) is 22.8. The molecular formula is C19H16ClN3O6S2. The Kier molecular flexibility index (Phi) is 6.20. The number of nitro benzene ring substituents is 1. The molecule has 0 aliphatic carbocycles. The minimum absolute atomic E-state index is 0.00965. The number of nitro groups is 1. The summed E-state index contributed by atoms with van der Waals surface area (Å²) in [7, 11) is -8.14. The molecule has 31 heavy (non-hydrogen) atoms. The standard InChI is InChI=1S/C19H16ClN3O6S2/c1-13-5-6-16(21-30(26,27)18-9-7-17(8-10-18)23(24)25)12-19(13)31(28,29)22-15-4-2-3-14(20)11-15/h2-12,21-22H,1H3. The second-order valence-corrected chi connectivity index (χ2v) is 10.2. The molecule has 0 radical (unpaired) electrons. The van der Waals surface area contributed by atoms with E-state index in [-0.39, 0.29) is 26.9 Å². The molecule has 3 aromatic rings. The first kappa shape index (κ1) is 22.5. The Balaban J connectivity index is 1.90. The molecular weight excluding hydrogens is 466 g/mol. The number of nitrogens with zero attached hydrogens (tertiary/aromatic N) is 1. The van der Waals surface area contributed by atoms with Crippen molar-refractivity contribution in [1.29, 1.82) is 0 Å². The van der Waals surface area contributed by atoms with Gasteiger partial charge in [0.1, 0.15) is 0 Å². The second kappa shape index (κ2) is 8.53. The first-order chi connectivity index (χ1) is 14.5. The minimum Gasteiger partial charge on any atom is -0.280 e. The van der Waals surface area contributed by atoms with E-state index in [1.807, 2.05) is 0 Å². The van der Waals surface area contributed by atoms with Crippen molar-refractivity contribution in [2.75, 3.05) is 9.44 Å². The van der Waals surface area contributed by atoms with Gasteiger partial charge in [-0.25, -0.2) is 16.8 Å². The summed E-state index contributed by atoms with van der Waals surface area (Å²) in [6.45, 7) is 1.57. The van der Waals surface area contributed by atoms with E-state index >= 15 is 0 Å². The third-order valence-electron chi connectivity index (χ3n) is 4.16. The molecule has 0 atom stereocenters. The lowest BCUT2D eigenvalue weighted by Crippen LogP contribution is -2.16. The summed E-state index contributed by atoms with van der Waals surface area (Å²) in [5, 5.41) is 11.1. The maximum absolute atomic E-state index is 12.8. The zero-order valence-electron chi connectivity index (χ0n) is 15.9. The van der Waals surface area contributed by atoms with Gasteiger partial charge in [0.2, 0.25) is 0 Å². The Labute approximate surface area is 183 Å². The molecule has 162 valence electrons. The van der Waals surface area contributed by atoms with Gasteiger partial charge in [-0.3, -0.25) is 19.6 Å². The molecule has 0 aliphatic heterocycles. The van der Waals surface area contributed by atoms with Crippen molar-refractivity contribution in [2.24, 2.45) is 0 Å². The van der Waals surface area contributed by atoms with E-state index in [4.69, 9.17) is 11.6 Å². The van der Waals surface area contributed by atoms with Crippen LogP contribution in [0.5, 0.6) is 0 Å². The molecule has 0 aromatic heterocycles. The zero-order valence-corrected chi connectivity index (χ0v) is 18.3. The molecule has 0 unspecified atom stereocenters. The van der Waals surface area contributed by atoms with Gasteiger partial charge in [-0.15, -0.1) is 0 Å². The van der Waals surface area contributed by atoms with Crippen molar-refractivity contribution in [3.05, 3.63) is 87.4 Å². The molecule has 0 spiro atoms. The second-order valence-electron chi connectivity index (χ2n) is 6.45. The number of rotatable bonds is 7. The lowest BCUT2D eigenvalue weighted by atomic mass is 10.2. The topological polar surface area (TPSA) is 135 Å². The fraction of sp³-hybridized carbons (Fsp3) is 0.0526. The van der Waals surface area contributed by atoms with Gasteiger partial charge in [0.15, 0.2) is 0 Å². The predicted octanol–water partition coefficient (Wildman–Crippen LogP) is 4.16. The van der Waals surface area contributed by atoms with E-state index < -0.39 is 25.0 Å². The van der Waals surface area contributed by atoms with E-state index in [1.165, 1.54) is 30.3 Å². The van der Waals surface area contributed by atoms with Crippen LogP contribution >= 0.6 is 11.6 Å². The Bertz CT molecular complexity index is 1360. The largest absolute Gasteiger partial charge is 0.280 e. The summed E-state index contributed by atoms with van der Waals surface area (Å²) in [6, 6.07) is 14.5. The molecule has 0 fully saturated rings. The van der Waals surface area contributed by atoms with Crippen molar-refractivity contribution < 1.29 is 21.8 Å². The molecule has 0 saturated carbocycles. The molecule has 2 N–H and O–H groups in total. The molecule has 12 heteroatoms. The fourth-order valence-corrected chi connectivity index (χ4v) is 5.24. The Morgan fingerprint density at radius 1 is 0.839 bits per heavy atom. The Morgan fingerprint density at radius 2 is 1.45 bits per heavy atom. The highest BCUT2D eigenvalue weighted by Crippen LogP contribution is 2.26. The number of sulfonamides is 2. The van der Waals surface area contributed by atoms with E-state index in [9.17, 15) is 26.9 Å². The van der Waals surface area contributed by atoms with Crippen LogP contribution in [0.4, 0.5) is 17.1 Å². The van der Waals surface area contributed by atoms with Crippen LogP contribution in [0.25, 0.3) is 0 Å². The highest BCUT2D eigenvalue weighted by Gasteiger charge is 2.21. The van der Waals surface area contributed by atoms with E-state index in [1.54, 1.807) is 19.1 Å². The SMILES string of the molecule is Cc1ccc(NS(=O)(=O)c2ccc([N+](=O)[O-])cc2)cc1S(=O)(=O)Nc1cccc(Cl)c1. The van der Waals surface area contributed by atoms with Gasteiger partial charge >= 0.3 is 0 Å². The number of aryl methyl sites for hydroxylation is 1. The van der Waals surface area contributed by atoms with Crippen LogP contribution in [0, 0.1) is 17.0 Å². The Morgan fingerprint density at radius 3 is 2.06 bits per heavy atom. The monoisotopic (exact) mass is 481 g/mol. The van der Waals surface area contributed by atoms with Crippen molar-refractivity contribution in [3.8, 4) is 0 Å². The smallest absolute Gasteiger partial charge is 0.269 e. The normalized spacial score (nSPS) is 11.7. The number of hydrogen-bond donors (Lipinski definition) is 2. The van der Waals surface area contributed by atoms with Crippen LogP contribution in [-0.4, -0.2) is 21.8 Å². The molecule has 0 aliphatic rings. The summed E-state index contributed by atoms with van der Waals surface area (Å²) in [5.74, 6) is 0. The maximum Gasteiger partial charge on any atom is 0.269 e. The molecule has 0 heterocycles. The number of non-ortho nitro benzene ring substituents is 1. The van der Waals surface area contributed by atoms with Crippen LogP contribution in [0.2, 0.25) is 5.02 Å². The molecule has 0 bridgehead atoms. The Hall–Kier alpha value is -3.15. The van der Waals surface area contributed by atoms with Crippen molar-refractivity contribution in [1.82, 2.24) is 0 Å². The fourth-order valence-electron chi connectivity index (χ4n) is 2.68. The number of hydrogen-bond acceptors (Lipinski definition) is 6. The van der Waals surface area contributed by atoms with Gasteiger partial charge in [-0.2, -0.15) is 0 Å². The molecule has 3 rings (SSSR count). The van der Waals surface area contributed by atoms with E-state index in [0.29, 0.717) is 10.6 Å². The first-order valence-electron chi connectivity index (χ1n) is 8.64. The lowest BCUT2D eigenvalue weighted by Gasteiger charge is -2.13. The van der Waals surface area contributed by atoms with Crippen LogP contribution < -0.4 is 9.44 Å². The molecule has 3 aromatic carbocycles. The highest BCUT2D eigenvalue weighted by atomic mass is 35.5. The van der Waals surface area contributed by atoms with Crippen molar-refractivity contribution in [2.45, 2.75) is 16.7 Å². The average Bonchev–Trinajstić information content (AvgIpc) is 2.69. The van der Waals surface area contributed by atoms with Crippen molar-refractivity contribution >= 4 is 48.7 Å². The van der Waals surface area contributed by atoms with Gasteiger partial charge in [0, 0.05) is 17.2 Å². The first-order valence-corrected chi connectivity index (χ1v) is 12.0. The summed E-state index contributed by atoms with van der Waals surface area (Å²) >= 11 is 5.89. The molecule has 9 nitrogen and oxygen atoms in total. The quantitative estimate of drug-likeness (QED) is 0.384. The van der Waals surface area contributed by atoms with Gasteiger partial charge in [-0.1, -0.05) is 23.7 Å².